The minimum atomic E-state index is -3.26. The minimum Gasteiger partial charge on any atom is -0.297 e. The minimum absolute atomic E-state index is 0.0715. The Kier molecular flexibility index (Phi) is 6.62. The molecule has 1 aliphatic heterocycles. The van der Waals surface area contributed by atoms with Gasteiger partial charge < -0.3 is 0 Å². The quantitative estimate of drug-likeness (QED) is 0.579. The number of hydrogen-bond acceptors (Lipinski definition) is 6. The van der Waals surface area contributed by atoms with Crippen molar-refractivity contribution in [2.45, 2.75) is 38.8 Å². The van der Waals surface area contributed by atoms with Crippen LogP contribution in [-0.4, -0.2) is 52.1 Å². The first-order valence-corrected chi connectivity index (χ1v) is 12.3. The Labute approximate surface area is 183 Å². The van der Waals surface area contributed by atoms with Gasteiger partial charge in [0, 0.05) is 18.4 Å². The smallest absolute Gasteiger partial charge is 0.232 e. The lowest BCUT2D eigenvalue weighted by atomic mass is 9.89. The molecule has 1 aliphatic rings. The van der Waals surface area contributed by atoms with E-state index in [9.17, 15) is 8.42 Å². The van der Waals surface area contributed by atoms with Crippen LogP contribution in [0.3, 0.4) is 0 Å². The van der Waals surface area contributed by atoms with Crippen molar-refractivity contribution in [1.82, 2.24) is 24.9 Å². The first kappa shape index (κ1) is 21.5. The van der Waals surface area contributed by atoms with E-state index in [2.05, 4.69) is 31.0 Å². The van der Waals surface area contributed by atoms with Gasteiger partial charge in [-0.05, 0) is 68.6 Å². The summed E-state index contributed by atoms with van der Waals surface area (Å²) in [4.78, 5) is 6.73. The zero-order chi connectivity index (χ0) is 21.7. The van der Waals surface area contributed by atoms with Crippen LogP contribution in [0.5, 0.6) is 0 Å². The third-order valence-electron chi connectivity index (χ3n) is 5.62. The number of hydrogen-bond donors (Lipinski definition) is 1. The van der Waals surface area contributed by atoms with Crippen molar-refractivity contribution in [2.75, 3.05) is 23.6 Å². The van der Waals surface area contributed by atoms with Crippen LogP contribution < -0.4 is 4.72 Å². The molecule has 0 atom stereocenters. The molecule has 0 aliphatic carbocycles. The lowest BCUT2D eigenvalue weighted by molar-refractivity contribution is 0.202. The number of likely N-dealkylation sites (tertiary alicyclic amines) is 1. The topological polar surface area (TPSA) is 93.0 Å². The summed E-state index contributed by atoms with van der Waals surface area (Å²) in [7, 11) is -3.26. The van der Waals surface area contributed by atoms with Crippen molar-refractivity contribution in [3.8, 4) is 0 Å². The standard InChI is InChI=1S/C22H28N6O2S/c1-2-31(29,30)25-20-8-5-6-19(14-20)18-9-12-27(13-10-18)15-22-17-28(26-24-22)16-21-7-3-4-11-23-21/h3-8,11,14,17-18,25H,2,9-10,12-13,15-16H2,1H3. The molecule has 0 bridgehead atoms. The Morgan fingerprint density at radius 3 is 2.65 bits per heavy atom. The lowest BCUT2D eigenvalue weighted by Crippen LogP contribution is -2.32. The van der Waals surface area contributed by atoms with E-state index >= 15 is 0 Å². The Bertz CT molecular complexity index is 1090. The second-order valence-corrected chi connectivity index (χ2v) is 9.92. The monoisotopic (exact) mass is 440 g/mol. The predicted molar refractivity (Wildman–Crippen MR) is 120 cm³/mol. The van der Waals surface area contributed by atoms with Crippen molar-refractivity contribution in [1.29, 1.82) is 0 Å². The van der Waals surface area contributed by atoms with Gasteiger partial charge in [0.15, 0.2) is 0 Å². The molecule has 0 radical (unpaired) electrons. The van der Waals surface area contributed by atoms with Crippen LogP contribution >= 0.6 is 0 Å². The van der Waals surface area contributed by atoms with Crippen molar-refractivity contribution in [3.05, 3.63) is 71.8 Å². The van der Waals surface area contributed by atoms with Crippen molar-refractivity contribution < 1.29 is 8.42 Å². The molecular formula is C22H28N6O2S. The number of piperidine rings is 1. The number of nitrogens with zero attached hydrogens (tertiary/aromatic N) is 5. The van der Waals surface area contributed by atoms with Gasteiger partial charge in [0.05, 0.1) is 29.9 Å². The molecule has 31 heavy (non-hydrogen) atoms. The van der Waals surface area contributed by atoms with Gasteiger partial charge in [-0.25, -0.2) is 13.1 Å². The summed E-state index contributed by atoms with van der Waals surface area (Å²) in [5.41, 5.74) is 3.76. The Morgan fingerprint density at radius 1 is 1.06 bits per heavy atom. The fourth-order valence-corrected chi connectivity index (χ4v) is 4.54. The molecule has 1 N–H and O–H groups in total. The summed E-state index contributed by atoms with van der Waals surface area (Å²) in [6, 6.07) is 13.6. The highest BCUT2D eigenvalue weighted by Gasteiger charge is 2.22. The van der Waals surface area contributed by atoms with E-state index in [4.69, 9.17) is 0 Å². The molecule has 3 heterocycles. The molecule has 4 rings (SSSR count). The molecule has 1 saturated heterocycles. The fraction of sp³-hybridized carbons (Fsp3) is 0.409. The van der Waals surface area contributed by atoms with Gasteiger partial charge in [0.1, 0.15) is 0 Å². The van der Waals surface area contributed by atoms with E-state index in [0.29, 0.717) is 18.2 Å². The second kappa shape index (κ2) is 9.57. The number of sulfonamides is 1. The van der Waals surface area contributed by atoms with E-state index < -0.39 is 10.0 Å². The maximum atomic E-state index is 11.8. The molecule has 0 saturated carbocycles. The van der Waals surface area contributed by atoms with E-state index in [0.717, 1.165) is 43.9 Å². The van der Waals surface area contributed by atoms with E-state index in [1.165, 1.54) is 5.56 Å². The van der Waals surface area contributed by atoms with Gasteiger partial charge in [0.2, 0.25) is 10.0 Å². The Balaban J connectivity index is 1.30. The predicted octanol–water partition coefficient (Wildman–Crippen LogP) is 2.86. The molecule has 3 aromatic rings. The van der Waals surface area contributed by atoms with E-state index in [-0.39, 0.29) is 5.75 Å². The average Bonchev–Trinajstić information content (AvgIpc) is 3.21. The normalized spacial score (nSPS) is 15.8. The first-order chi connectivity index (χ1) is 15.0. The molecule has 1 fully saturated rings. The van der Waals surface area contributed by atoms with Gasteiger partial charge in [-0.15, -0.1) is 5.10 Å². The highest BCUT2D eigenvalue weighted by molar-refractivity contribution is 7.92. The summed E-state index contributed by atoms with van der Waals surface area (Å²) in [6.45, 7) is 4.99. The van der Waals surface area contributed by atoms with Gasteiger partial charge in [0.25, 0.3) is 0 Å². The molecular weight excluding hydrogens is 412 g/mol. The molecule has 1 aromatic carbocycles. The van der Waals surface area contributed by atoms with Crippen LogP contribution in [0, 0.1) is 0 Å². The Morgan fingerprint density at radius 2 is 1.90 bits per heavy atom. The highest BCUT2D eigenvalue weighted by atomic mass is 32.2. The molecule has 8 nitrogen and oxygen atoms in total. The van der Waals surface area contributed by atoms with Crippen LogP contribution in [0.4, 0.5) is 5.69 Å². The van der Waals surface area contributed by atoms with Gasteiger partial charge in [-0.2, -0.15) is 0 Å². The van der Waals surface area contributed by atoms with Gasteiger partial charge in [-0.1, -0.05) is 23.4 Å². The summed E-state index contributed by atoms with van der Waals surface area (Å²) >= 11 is 0. The van der Waals surface area contributed by atoms with Crippen LogP contribution in [0.25, 0.3) is 0 Å². The third kappa shape index (κ3) is 5.89. The lowest BCUT2D eigenvalue weighted by Gasteiger charge is -2.31. The van der Waals surface area contributed by atoms with Crippen molar-refractivity contribution in [3.63, 3.8) is 0 Å². The summed E-state index contributed by atoms with van der Waals surface area (Å²) in [5, 5.41) is 8.55. The highest BCUT2D eigenvalue weighted by Crippen LogP contribution is 2.30. The average molecular weight is 441 g/mol. The van der Waals surface area contributed by atoms with Gasteiger partial charge in [-0.3, -0.25) is 14.6 Å². The maximum Gasteiger partial charge on any atom is 0.232 e. The summed E-state index contributed by atoms with van der Waals surface area (Å²) < 4.78 is 28.2. The Hall–Kier alpha value is -2.78. The number of rotatable bonds is 8. The maximum absolute atomic E-state index is 11.8. The van der Waals surface area contributed by atoms with Crippen LogP contribution in [0.15, 0.2) is 54.9 Å². The number of anilines is 1. The number of nitrogens with one attached hydrogen (secondary N) is 1. The summed E-state index contributed by atoms with van der Waals surface area (Å²) in [5.74, 6) is 0.504. The SMILES string of the molecule is CCS(=O)(=O)Nc1cccc(C2CCN(Cc3cn(Cc4ccccn4)nn3)CC2)c1. The molecule has 0 spiro atoms. The molecule has 2 aromatic heterocycles. The number of pyridine rings is 1. The van der Waals surface area contributed by atoms with E-state index in [1.807, 2.05) is 41.2 Å². The van der Waals surface area contributed by atoms with Crippen molar-refractivity contribution >= 4 is 15.7 Å². The van der Waals surface area contributed by atoms with E-state index in [1.54, 1.807) is 19.2 Å². The van der Waals surface area contributed by atoms with Crippen LogP contribution in [0.1, 0.15) is 42.6 Å². The number of aromatic nitrogens is 4. The van der Waals surface area contributed by atoms with Crippen molar-refractivity contribution in [2.24, 2.45) is 0 Å². The molecule has 0 unspecified atom stereocenters. The molecule has 9 heteroatoms. The fourth-order valence-electron chi connectivity index (χ4n) is 3.91. The zero-order valence-electron chi connectivity index (χ0n) is 17.7. The molecule has 0 amide bonds. The second-order valence-electron chi connectivity index (χ2n) is 7.91. The van der Waals surface area contributed by atoms with Gasteiger partial charge >= 0.3 is 0 Å². The number of benzene rings is 1. The van der Waals surface area contributed by atoms with Crippen LogP contribution in [0.2, 0.25) is 0 Å². The third-order valence-corrected chi connectivity index (χ3v) is 6.93. The zero-order valence-corrected chi connectivity index (χ0v) is 18.5. The summed E-state index contributed by atoms with van der Waals surface area (Å²) in [6.07, 6.45) is 5.84. The van der Waals surface area contributed by atoms with Crippen LogP contribution in [-0.2, 0) is 23.1 Å². The first-order valence-electron chi connectivity index (χ1n) is 10.6. The molecule has 164 valence electrons. The largest absolute Gasteiger partial charge is 0.297 e.